The topological polar surface area (TPSA) is 46.6 Å². The van der Waals surface area contributed by atoms with Crippen molar-refractivity contribution in [3.63, 3.8) is 0 Å². The van der Waals surface area contributed by atoms with Gasteiger partial charge in [0, 0.05) is 24.2 Å². The summed E-state index contributed by atoms with van der Waals surface area (Å²) in [4.78, 5) is 24.8. The van der Waals surface area contributed by atoms with Crippen LogP contribution in [0.5, 0.6) is 0 Å². The van der Waals surface area contributed by atoms with Gasteiger partial charge in [0.1, 0.15) is 5.82 Å². The minimum Gasteiger partial charge on any atom is -0.469 e. The molecule has 1 aliphatic rings. The van der Waals surface area contributed by atoms with E-state index in [1.54, 1.807) is 19.1 Å². The van der Waals surface area contributed by atoms with Crippen LogP contribution >= 0.6 is 15.9 Å². The van der Waals surface area contributed by atoms with Gasteiger partial charge in [0.25, 0.3) is 0 Å². The summed E-state index contributed by atoms with van der Waals surface area (Å²) in [6.07, 6.45) is 0.101. The van der Waals surface area contributed by atoms with Crippen LogP contribution in [0.2, 0.25) is 0 Å². The summed E-state index contributed by atoms with van der Waals surface area (Å²) in [7, 11) is 1.29. The standard InChI is InChI=1S/C13H13BrFNO3/c1-7-10(4-3-9(14)12(7)15)16-6-8(5-11(16)17)13(18)19-2/h3-4,8H,5-6H2,1-2H3. The molecule has 1 amide bonds. The highest BCUT2D eigenvalue weighted by atomic mass is 79.9. The largest absolute Gasteiger partial charge is 0.469 e. The molecule has 0 bridgehead atoms. The zero-order chi connectivity index (χ0) is 14.2. The summed E-state index contributed by atoms with van der Waals surface area (Å²) < 4.78 is 18.8. The summed E-state index contributed by atoms with van der Waals surface area (Å²) in [5.41, 5.74) is 0.880. The van der Waals surface area contributed by atoms with Gasteiger partial charge in [0.05, 0.1) is 17.5 Å². The second kappa shape index (κ2) is 5.28. The van der Waals surface area contributed by atoms with Crippen molar-refractivity contribution in [1.29, 1.82) is 0 Å². The van der Waals surface area contributed by atoms with E-state index in [1.165, 1.54) is 12.0 Å². The lowest BCUT2D eigenvalue weighted by atomic mass is 10.1. The van der Waals surface area contributed by atoms with Crippen LogP contribution in [0.1, 0.15) is 12.0 Å². The van der Waals surface area contributed by atoms with Gasteiger partial charge in [-0.2, -0.15) is 0 Å². The number of esters is 1. The zero-order valence-electron chi connectivity index (χ0n) is 10.6. The third-order valence-electron chi connectivity index (χ3n) is 3.26. The van der Waals surface area contributed by atoms with E-state index in [1.807, 2.05) is 0 Å². The van der Waals surface area contributed by atoms with Crippen molar-refractivity contribution in [2.45, 2.75) is 13.3 Å². The van der Waals surface area contributed by atoms with E-state index in [0.29, 0.717) is 15.7 Å². The molecule has 4 nitrogen and oxygen atoms in total. The molecule has 0 aliphatic carbocycles. The predicted molar refractivity (Wildman–Crippen MR) is 71.3 cm³/mol. The zero-order valence-corrected chi connectivity index (χ0v) is 12.2. The Hall–Kier alpha value is -1.43. The molecule has 1 unspecified atom stereocenters. The lowest BCUT2D eigenvalue weighted by Gasteiger charge is -2.19. The molecule has 0 N–H and O–H groups in total. The molecule has 1 heterocycles. The maximum atomic E-state index is 13.8. The first kappa shape index (κ1) is 14.0. The molecule has 1 aliphatic heterocycles. The van der Waals surface area contributed by atoms with E-state index in [0.717, 1.165) is 0 Å². The van der Waals surface area contributed by atoms with Gasteiger partial charge in [-0.15, -0.1) is 0 Å². The first-order chi connectivity index (χ1) is 8.95. The van der Waals surface area contributed by atoms with Crippen molar-refractivity contribution in [2.75, 3.05) is 18.6 Å². The maximum absolute atomic E-state index is 13.8. The first-order valence-corrected chi connectivity index (χ1v) is 6.57. The number of rotatable bonds is 2. The molecular formula is C13H13BrFNO3. The second-order valence-electron chi connectivity index (χ2n) is 4.43. The number of anilines is 1. The van der Waals surface area contributed by atoms with Crippen molar-refractivity contribution in [3.05, 3.63) is 28.0 Å². The van der Waals surface area contributed by atoms with E-state index in [-0.39, 0.29) is 18.9 Å². The van der Waals surface area contributed by atoms with Gasteiger partial charge >= 0.3 is 5.97 Å². The molecule has 102 valence electrons. The van der Waals surface area contributed by atoms with Crippen molar-refractivity contribution in [2.24, 2.45) is 5.92 Å². The van der Waals surface area contributed by atoms with Gasteiger partial charge < -0.3 is 9.64 Å². The number of halogens is 2. The number of carbonyl (C=O) groups is 2. The van der Waals surface area contributed by atoms with E-state index in [9.17, 15) is 14.0 Å². The maximum Gasteiger partial charge on any atom is 0.311 e. The van der Waals surface area contributed by atoms with Crippen molar-refractivity contribution >= 4 is 33.5 Å². The van der Waals surface area contributed by atoms with Crippen LogP contribution in [0.15, 0.2) is 16.6 Å². The number of carbonyl (C=O) groups excluding carboxylic acids is 2. The van der Waals surface area contributed by atoms with Crippen LogP contribution in [-0.2, 0) is 14.3 Å². The van der Waals surface area contributed by atoms with Gasteiger partial charge in [-0.05, 0) is 35.0 Å². The summed E-state index contributed by atoms with van der Waals surface area (Å²) in [6, 6.07) is 3.22. The molecule has 0 saturated carbocycles. The molecule has 0 aromatic heterocycles. The van der Waals surface area contributed by atoms with E-state index in [2.05, 4.69) is 20.7 Å². The Bertz CT molecular complexity index is 547. The SMILES string of the molecule is COC(=O)C1CC(=O)N(c2ccc(Br)c(F)c2C)C1. The molecule has 1 aromatic carbocycles. The second-order valence-corrected chi connectivity index (χ2v) is 5.29. The Morgan fingerprint density at radius 3 is 2.84 bits per heavy atom. The van der Waals surface area contributed by atoms with Gasteiger partial charge in [0.2, 0.25) is 5.91 Å². The quantitative estimate of drug-likeness (QED) is 0.783. The number of hydrogen-bond donors (Lipinski definition) is 0. The number of amides is 1. The number of nitrogens with zero attached hydrogens (tertiary/aromatic N) is 1. The van der Waals surface area contributed by atoms with Gasteiger partial charge in [-0.3, -0.25) is 9.59 Å². The molecule has 19 heavy (non-hydrogen) atoms. The smallest absolute Gasteiger partial charge is 0.311 e. The minimum atomic E-state index is -0.483. The molecule has 1 aromatic rings. The summed E-state index contributed by atoms with van der Waals surface area (Å²) in [5.74, 6) is -1.48. The fourth-order valence-corrected chi connectivity index (χ4v) is 2.63. The lowest BCUT2D eigenvalue weighted by molar-refractivity contribution is -0.145. The lowest BCUT2D eigenvalue weighted by Crippen LogP contribution is -2.27. The summed E-state index contributed by atoms with van der Waals surface area (Å²) >= 11 is 3.10. The molecule has 1 fully saturated rings. The normalized spacial score (nSPS) is 18.8. The van der Waals surface area contributed by atoms with Crippen LogP contribution < -0.4 is 4.90 Å². The average molecular weight is 330 g/mol. The highest BCUT2D eigenvalue weighted by Crippen LogP contribution is 2.32. The van der Waals surface area contributed by atoms with Gasteiger partial charge in [-0.1, -0.05) is 0 Å². The minimum absolute atomic E-state index is 0.101. The van der Waals surface area contributed by atoms with E-state index in [4.69, 9.17) is 0 Å². The van der Waals surface area contributed by atoms with Crippen LogP contribution in [-0.4, -0.2) is 25.5 Å². The van der Waals surface area contributed by atoms with Crippen molar-refractivity contribution in [3.8, 4) is 0 Å². The molecule has 1 atom stereocenters. The molecule has 6 heteroatoms. The fraction of sp³-hybridized carbons (Fsp3) is 0.385. The number of hydrogen-bond acceptors (Lipinski definition) is 3. The molecule has 0 spiro atoms. The van der Waals surface area contributed by atoms with Gasteiger partial charge in [-0.25, -0.2) is 4.39 Å². The average Bonchev–Trinajstić information content (AvgIpc) is 2.77. The highest BCUT2D eigenvalue weighted by molar-refractivity contribution is 9.10. The predicted octanol–water partition coefficient (Wildman–Crippen LogP) is 2.42. The first-order valence-electron chi connectivity index (χ1n) is 5.78. The van der Waals surface area contributed by atoms with Crippen LogP contribution in [0.25, 0.3) is 0 Å². The number of methoxy groups -OCH3 is 1. The van der Waals surface area contributed by atoms with Crippen molar-refractivity contribution in [1.82, 2.24) is 0 Å². The van der Waals surface area contributed by atoms with Crippen LogP contribution in [0, 0.1) is 18.7 Å². The third kappa shape index (κ3) is 2.49. The van der Waals surface area contributed by atoms with E-state index >= 15 is 0 Å². The fourth-order valence-electron chi connectivity index (χ4n) is 2.20. The summed E-state index contributed by atoms with van der Waals surface area (Å²) in [6.45, 7) is 1.83. The summed E-state index contributed by atoms with van der Waals surface area (Å²) in [5, 5.41) is 0. The molecule has 2 rings (SSSR count). The van der Waals surface area contributed by atoms with Gasteiger partial charge in [0.15, 0.2) is 0 Å². The number of ether oxygens (including phenoxy) is 1. The Labute approximate surface area is 118 Å². The van der Waals surface area contributed by atoms with Crippen LogP contribution in [0.3, 0.4) is 0 Å². The Morgan fingerprint density at radius 2 is 2.21 bits per heavy atom. The monoisotopic (exact) mass is 329 g/mol. The third-order valence-corrected chi connectivity index (χ3v) is 3.87. The molecule has 1 saturated heterocycles. The number of benzene rings is 1. The Balaban J connectivity index is 2.31. The van der Waals surface area contributed by atoms with Crippen molar-refractivity contribution < 1.29 is 18.7 Å². The Kier molecular flexibility index (Phi) is 3.89. The Morgan fingerprint density at radius 1 is 1.53 bits per heavy atom. The highest BCUT2D eigenvalue weighted by Gasteiger charge is 2.36. The van der Waals surface area contributed by atoms with Crippen LogP contribution in [0.4, 0.5) is 10.1 Å². The van der Waals surface area contributed by atoms with E-state index < -0.39 is 17.7 Å². The molecular weight excluding hydrogens is 317 g/mol. The molecule has 0 radical (unpaired) electrons.